The molecule has 0 atom stereocenters. The van der Waals surface area contributed by atoms with E-state index in [0.717, 1.165) is 17.5 Å². The van der Waals surface area contributed by atoms with Crippen molar-refractivity contribution in [1.82, 2.24) is 15.5 Å². The van der Waals surface area contributed by atoms with Crippen LogP contribution in [0.1, 0.15) is 37.7 Å². The summed E-state index contributed by atoms with van der Waals surface area (Å²) in [6.45, 7) is 2.72. The maximum Gasteiger partial charge on any atom is 0.277 e. The van der Waals surface area contributed by atoms with Gasteiger partial charge in [-0.25, -0.2) is 0 Å². The molecule has 1 amide bonds. The minimum atomic E-state index is -0.00304. The van der Waals surface area contributed by atoms with Gasteiger partial charge in [0.15, 0.2) is 0 Å². The number of hydrogen-bond donors (Lipinski definition) is 1. The highest BCUT2D eigenvalue weighted by atomic mass is 32.2. The summed E-state index contributed by atoms with van der Waals surface area (Å²) in [6.07, 6.45) is 8.19. The lowest BCUT2D eigenvalue weighted by atomic mass is 9.97. The normalized spacial score (nSPS) is 14.2. The molecule has 1 aliphatic rings. The van der Waals surface area contributed by atoms with Crippen molar-refractivity contribution in [3.8, 4) is 11.5 Å². The fourth-order valence-corrected chi connectivity index (χ4v) is 3.43. The van der Waals surface area contributed by atoms with E-state index in [0.29, 0.717) is 17.7 Å². The van der Waals surface area contributed by atoms with Gasteiger partial charge < -0.3 is 9.73 Å². The van der Waals surface area contributed by atoms with E-state index in [4.69, 9.17) is 4.42 Å². The van der Waals surface area contributed by atoms with Crippen molar-refractivity contribution in [3.63, 3.8) is 0 Å². The van der Waals surface area contributed by atoms with Gasteiger partial charge >= 0.3 is 0 Å². The van der Waals surface area contributed by atoms with Crippen LogP contribution in [-0.2, 0) is 4.79 Å². The van der Waals surface area contributed by atoms with E-state index in [9.17, 15) is 4.79 Å². The van der Waals surface area contributed by atoms with Gasteiger partial charge in [0.05, 0.1) is 5.75 Å². The Morgan fingerprint density at radius 3 is 3.04 bits per heavy atom. The first-order valence-corrected chi connectivity index (χ1v) is 9.67. The SMILES string of the molecule is Cc1cccc(-c2nnc(SCC(=O)NCCC3=CCCCC3)o2)c1. The molecule has 1 aromatic carbocycles. The number of nitrogens with one attached hydrogen (secondary N) is 1. The van der Waals surface area contributed by atoms with Crippen LogP contribution in [0, 0.1) is 6.92 Å². The van der Waals surface area contributed by atoms with E-state index in [1.54, 1.807) is 0 Å². The molecule has 1 aliphatic carbocycles. The molecule has 6 heteroatoms. The minimum Gasteiger partial charge on any atom is -0.411 e. The van der Waals surface area contributed by atoms with Crippen molar-refractivity contribution < 1.29 is 9.21 Å². The molecule has 0 bridgehead atoms. The van der Waals surface area contributed by atoms with Crippen molar-refractivity contribution in [3.05, 3.63) is 41.5 Å². The summed E-state index contributed by atoms with van der Waals surface area (Å²) in [4.78, 5) is 11.9. The minimum absolute atomic E-state index is 0.00304. The Morgan fingerprint density at radius 2 is 2.24 bits per heavy atom. The summed E-state index contributed by atoms with van der Waals surface area (Å²) in [5, 5.41) is 11.4. The van der Waals surface area contributed by atoms with Crippen LogP contribution in [-0.4, -0.2) is 28.4 Å². The molecular weight excluding hydrogens is 334 g/mol. The second-order valence-corrected chi connectivity index (χ2v) is 7.17. The standard InChI is InChI=1S/C19H23N3O2S/c1-14-6-5-9-16(12-14)18-21-22-19(24-18)25-13-17(23)20-11-10-15-7-3-2-4-8-15/h5-7,9,12H,2-4,8,10-11,13H2,1H3,(H,20,23). The summed E-state index contributed by atoms with van der Waals surface area (Å²) < 4.78 is 5.63. The molecule has 2 aromatic rings. The number of aryl methyl sites for hydroxylation is 1. The molecule has 0 aliphatic heterocycles. The van der Waals surface area contributed by atoms with Gasteiger partial charge in [0.1, 0.15) is 0 Å². The Balaban J connectivity index is 1.42. The number of amides is 1. The average molecular weight is 357 g/mol. The lowest BCUT2D eigenvalue weighted by molar-refractivity contribution is -0.118. The predicted octanol–water partition coefficient (Wildman–Crippen LogP) is 4.14. The first kappa shape index (κ1) is 17.7. The van der Waals surface area contributed by atoms with Crippen molar-refractivity contribution in [1.29, 1.82) is 0 Å². The Hall–Kier alpha value is -2.08. The van der Waals surface area contributed by atoms with Crippen LogP contribution in [0.5, 0.6) is 0 Å². The number of carbonyl (C=O) groups excluding carboxylic acids is 1. The smallest absolute Gasteiger partial charge is 0.277 e. The first-order valence-electron chi connectivity index (χ1n) is 8.68. The zero-order chi connectivity index (χ0) is 17.5. The number of allylic oxidation sites excluding steroid dienone is 1. The predicted molar refractivity (Wildman–Crippen MR) is 99.4 cm³/mol. The molecule has 0 unspecified atom stereocenters. The molecule has 25 heavy (non-hydrogen) atoms. The van der Waals surface area contributed by atoms with E-state index >= 15 is 0 Å². The molecule has 3 rings (SSSR count). The van der Waals surface area contributed by atoms with Crippen LogP contribution in [0.4, 0.5) is 0 Å². The Morgan fingerprint density at radius 1 is 1.32 bits per heavy atom. The maximum absolute atomic E-state index is 11.9. The van der Waals surface area contributed by atoms with Gasteiger partial charge in [0.25, 0.3) is 5.22 Å². The van der Waals surface area contributed by atoms with Crippen LogP contribution < -0.4 is 5.32 Å². The molecule has 5 nitrogen and oxygen atoms in total. The fraction of sp³-hybridized carbons (Fsp3) is 0.421. The van der Waals surface area contributed by atoms with Crippen molar-refractivity contribution in [2.24, 2.45) is 0 Å². The maximum atomic E-state index is 11.9. The molecule has 1 heterocycles. The third kappa shape index (κ3) is 5.46. The third-order valence-electron chi connectivity index (χ3n) is 4.15. The van der Waals surface area contributed by atoms with Gasteiger partial charge in [0.2, 0.25) is 11.8 Å². The van der Waals surface area contributed by atoms with Crippen molar-refractivity contribution in [2.75, 3.05) is 12.3 Å². The van der Waals surface area contributed by atoms with Gasteiger partial charge in [-0.1, -0.05) is 41.1 Å². The number of aromatic nitrogens is 2. The zero-order valence-corrected chi connectivity index (χ0v) is 15.3. The van der Waals surface area contributed by atoms with E-state index in [1.807, 2.05) is 31.2 Å². The number of benzene rings is 1. The van der Waals surface area contributed by atoms with E-state index < -0.39 is 0 Å². The summed E-state index contributed by atoms with van der Waals surface area (Å²) >= 11 is 1.27. The van der Waals surface area contributed by atoms with Gasteiger partial charge in [-0.3, -0.25) is 4.79 Å². The number of thioether (sulfide) groups is 1. The highest BCUT2D eigenvalue weighted by molar-refractivity contribution is 7.99. The Bertz CT molecular complexity index is 755. The van der Waals surface area contributed by atoms with Crippen LogP contribution in [0.3, 0.4) is 0 Å². The largest absolute Gasteiger partial charge is 0.411 e. The molecule has 1 N–H and O–H groups in total. The summed E-state index contributed by atoms with van der Waals surface area (Å²) in [5.41, 5.74) is 3.50. The Labute approximate surface area is 152 Å². The summed E-state index contributed by atoms with van der Waals surface area (Å²) in [7, 11) is 0. The Kier molecular flexibility index (Phi) is 6.28. The zero-order valence-electron chi connectivity index (χ0n) is 14.5. The molecule has 0 spiro atoms. The highest BCUT2D eigenvalue weighted by Gasteiger charge is 2.11. The molecule has 132 valence electrons. The van der Waals surface area contributed by atoms with Gasteiger partial charge in [-0.2, -0.15) is 0 Å². The second kappa shape index (κ2) is 8.85. The van der Waals surface area contributed by atoms with Crippen LogP contribution >= 0.6 is 11.8 Å². The summed E-state index contributed by atoms with van der Waals surface area (Å²) in [5.74, 6) is 0.765. The first-order chi connectivity index (χ1) is 12.2. The molecular formula is C19H23N3O2S. The van der Waals surface area contributed by atoms with Crippen molar-refractivity contribution >= 4 is 17.7 Å². The van der Waals surface area contributed by atoms with E-state index in [1.165, 1.54) is 43.0 Å². The van der Waals surface area contributed by atoms with E-state index in [-0.39, 0.29) is 11.7 Å². The van der Waals surface area contributed by atoms with Crippen LogP contribution in [0.15, 0.2) is 45.6 Å². The number of carbonyl (C=O) groups is 1. The third-order valence-corrected chi connectivity index (χ3v) is 4.97. The van der Waals surface area contributed by atoms with Gasteiger partial charge in [0, 0.05) is 12.1 Å². The molecule has 1 aromatic heterocycles. The van der Waals surface area contributed by atoms with Crippen LogP contribution in [0.2, 0.25) is 0 Å². The number of hydrogen-bond acceptors (Lipinski definition) is 5. The second-order valence-electron chi connectivity index (χ2n) is 6.24. The topological polar surface area (TPSA) is 68.0 Å². The number of nitrogens with zero attached hydrogens (tertiary/aromatic N) is 2. The monoisotopic (exact) mass is 357 g/mol. The number of rotatable bonds is 7. The molecule has 0 radical (unpaired) electrons. The molecule has 0 fully saturated rings. The molecule has 0 saturated heterocycles. The van der Waals surface area contributed by atoms with Gasteiger partial charge in [-0.05, 0) is 51.2 Å². The fourth-order valence-electron chi connectivity index (χ4n) is 2.84. The quantitative estimate of drug-likeness (QED) is 0.596. The summed E-state index contributed by atoms with van der Waals surface area (Å²) in [6, 6.07) is 7.90. The van der Waals surface area contributed by atoms with E-state index in [2.05, 4.69) is 21.6 Å². The van der Waals surface area contributed by atoms with Gasteiger partial charge in [-0.15, -0.1) is 10.2 Å². The van der Waals surface area contributed by atoms with Crippen molar-refractivity contribution in [2.45, 2.75) is 44.3 Å². The lowest BCUT2D eigenvalue weighted by Gasteiger charge is -2.12. The highest BCUT2D eigenvalue weighted by Crippen LogP contribution is 2.23. The lowest BCUT2D eigenvalue weighted by Crippen LogP contribution is -2.26. The van der Waals surface area contributed by atoms with Crippen LogP contribution in [0.25, 0.3) is 11.5 Å². The molecule has 0 saturated carbocycles. The average Bonchev–Trinajstić information content (AvgIpc) is 3.10.